The van der Waals surface area contributed by atoms with Gasteiger partial charge in [0, 0.05) is 44.0 Å². The Morgan fingerprint density at radius 1 is 1.16 bits per heavy atom. The van der Waals surface area contributed by atoms with Gasteiger partial charge in [-0.2, -0.15) is 13.2 Å². The number of likely N-dealkylation sites (N-methyl/N-ethyl adjacent to an activating group) is 1. The van der Waals surface area contributed by atoms with Gasteiger partial charge < -0.3 is 15.0 Å². The van der Waals surface area contributed by atoms with Crippen LogP contribution < -0.4 is 5.32 Å². The highest BCUT2D eigenvalue weighted by Gasteiger charge is 2.42. The molecule has 4 nitrogen and oxygen atoms in total. The number of rotatable bonds is 5. The summed E-state index contributed by atoms with van der Waals surface area (Å²) < 4.78 is 46.3. The molecule has 2 aliphatic heterocycles. The summed E-state index contributed by atoms with van der Waals surface area (Å²) in [4.78, 5) is 4.40. The lowest BCUT2D eigenvalue weighted by atomic mass is 10.00. The number of piperazine rings is 1. The zero-order valence-electron chi connectivity index (χ0n) is 17.7. The molecule has 0 bridgehead atoms. The first-order valence-corrected chi connectivity index (χ1v) is 10.3. The van der Waals surface area contributed by atoms with E-state index < -0.39 is 11.7 Å². The molecular weight excluding hydrogens is 403 g/mol. The second-order valence-electron chi connectivity index (χ2n) is 8.28. The highest BCUT2D eigenvalue weighted by Crippen LogP contribution is 2.42. The molecule has 4 rings (SSSR count). The highest BCUT2D eigenvalue weighted by atomic mass is 19.4. The first-order valence-electron chi connectivity index (χ1n) is 10.3. The van der Waals surface area contributed by atoms with Gasteiger partial charge in [-0.05, 0) is 54.9 Å². The third-order valence-electron chi connectivity index (χ3n) is 5.96. The molecule has 2 aromatic rings. The SMILES string of the molecule is C#Cc1cccc(C2OC2Nc2cc(CN3CCN(C)CC3)cc(C(F)(F)F)c2)c1C. The molecule has 0 aromatic heterocycles. The standard InChI is InChI=1S/C24H26F3N3O/c1-4-18-6-5-7-21(16(18)2)22-23(31-22)28-20-13-17(12-19(14-20)24(25,26)27)15-30-10-8-29(3)9-11-30/h1,5-7,12-14,22-23,28H,8-11,15H2,2-3H3. The fourth-order valence-corrected chi connectivity index (χ4v) is 4.04. The fraction of sp³-hybridized carbons (Fsp3) is 0.417. The first-order chi connectivity index (χ1) is 14.7. The molecule has 2 unspecified atom stereocenters. The average molecular weight is 429 g/mol. The highest BCUT2D eigenvalue weighted by molar-refractivity contribution is 5.52. The molecule has 7 heteroatoms. The molecule has 0 amide bonds. The van der Waals surface area contributed by atoms with E-state index in [1.54, 1.807) is 6.07 Å². The number of hydrogen-bond donors (Lipinski definition) is 1. The van der Waals surface area contributed by atoms with Crippen LogP contribution in [0.4, 0.5) is 18.9 Å². The quantitative estimate of drug-likeness (QED) is 0.569. The monoisotopic (exact) mass is 429 g/mol. The van der Waals surface area contributed by atoms with Gasteiger partial charge in [0.25, 0.3) is 0 Å². The summed E-state index contributed by atoms with van der Waals surface area (Å²) in [6.45, 7) is 5.93. The van der Waals surface area contributed by atoms with Crippen LogP contribution in [-0.2, 0) is 17.5 Å². The van der Waals surface area contributed by atoms with Crippen molar-refractivity contribution in [1.29, 1.82) is 0 Å². The van der Waals surface area contributed by atoms with Gasteiger partial charge in [0.15, 0.2) is 6.23 Å². The van der Waals surface area contributed by atoms with Crippen LogP contribution in [0.3, 0.4) is 0 Å². The normalized spacial score (nSPS) is 22.2. The third kappa shape index (κ3) is 5.04. The van der Waals surface area contributed by atoms with E-state index in [1.807, 2.05) is 25.1 Å². The maximum absolute atomic E-state index is 13.5. The van der Waals surface area contributed by atoms with E-state index >= 15 is 0 Å². The van der Waals surface area contributed by atoms with Crippen molar-refractivity contribution in [1.82, 2.24) is 9.80 Å². The predicted molar refractivity (Wildman–Crippen MR) is 115 cm³/mol. The van der Waals surface area contributed by atoms with Crippen molar-refractivity contribution in [2.45, 2.75) is 32.0 Å². The minimum Gasteiger partial charge on any atom is -0.358 e. The van der Waals surface area contributed by atoms with Crippen LogP contribution in [0, 0.1) is 19.3 Å². The van der Waals surface area contributed by atoms with E-state index in [0.717, 1.165) is 48.9 Å². The summed E-state index contributed by atoms with van der Waals surface area (Å²) in [5, 5.41) is 3.13. The van der Waals surface area contributed by atoms with Gasteiger partial charge in [0.2, 0.25) is 0 Å². The Morgan fingerprint density at radius 2 is 1.90 bits per heavy atom. The van der Waals surface area contributed by atoms with E-state index in [0.29, 0.717) is 17.8 Å². The van der Waals surface area contributed by atoms with Crippen molar-refractivity contribution in [2.75, 3.05) is 38.5 Å². The summed E-state index contributed by atoms with van der Waals surface area (Å²) >= 11 is 0. The Hall–Kier alpha value is -2.53. The second kappa shape index (κ2) is 8.54. The number of halogens is 3. The van der Waals surface area contributed by atoms with Crippen molar-refractivity contribution < 1.29 is 17.9 Å². The van der Waals surface area contributed by atoms with E-state index in [1.165, 1.54) is 6.07 Å². The van der Waals surface area contributed by atoms with Gasteiger partial charge in [-0.3, -0.25) is 4.90 Å². The summed E-state index contributed by atoms with van der Waals surface area (Å²) in [5.74, 6) is 2.65. The zero-order valence-corrected chi connectivity index (χ0v) is 17.7. The Bertz CT molecular complexity index is 991. The lowest BCUT2D eigenvalue weighted by Crippen LogP contribution is -2.43. The van der Waals surface area contributed by atoms with E-state index in [-0.39, 0.29) is 12.3 Å². The molecule has 2 fully saturated rings. The molecule has 2 aromatic carbocycles. The van der Waals surface area contributed by atoms with Crippen LogP contribution in [-0.4, -0.2) is 49.3 Å². The summed E-state index contributed by atoms with van der Waals surface area (Å²) in [7, 11) is 2.05. The maximum Gasteiger partial charge on any atom is 0.416 e. The molecule has 0 saturated carbocycles. The summed E-state index contributed by atoms with van der Waals surface area (Å²) in [6.07, 6.45) is 0.515. The van der Waals surface area contributed by atoms with Crippen molar-refractivity contribution in [2.24, 2.45) is 0 Å². The Balaban J connectivity index is 1.51. The van der Waals surface area contributed by atoms with E-state index in [2.05, 4.69) is 28.1 Å². The predicted octanol–water partition coefficient (Wildman–Crippen LogP) is 4.25. The van der Waals surface area contributed by atoms with Crippen molar-refractivity contribution in [3.05, 3.63) is 64.2 Å². The van der Waals surface area contributed by atoms with Crippen LogP contribution in [0.2, 0.25) is 0 Å². The number of alkyl halides is 3. The van der Waals surface area contributed by atoms with Crippen LogP contribution in [0.15, 0.2) is 36.4 Å². The third-order valence-corrected chi connectivity index (χ3v) is 5.96. The molecule has 2 saturated heterocycles. The molecule has 0 aliphatic carbocycles. The Morgan fingerprint density at radius 3 is 2.58 bits per heavy atom. The lowest BCUT2D eigenvalue weighted by molar-refractivity contribution is -0.137. The number of anilines is 1. The second-order valence-corrected chi connectivity index (χ2v) is 8.28. The van der Waals surface area contributed by atoms with Gasteiger partial charge in [-0.1, -0.05) is 18.1 Å². The molecular formula is C24H26F3N3O. The van der Waals surface area contributed by atoms with E-state index in [9.17, 15) is 13.2 Å². The number of epoxide rings is 1. The smallest absolute Gasteiger partial charge is 0.358 e. The van der Waals surface area contributed by atoms with Gasteiger partial charge in [0.05, 0.1) is 5.56 Å². The van der Waals surface area contributed by atoms with Crippen molar-refractivity contribution in [3.8, 4) is 12.3 Å². The number of nitrogens with one attached hydrogen (secondary N) is 1. The molecule has 31 heavy (non-hydrogen) atoms. The van der Waals surface area contributed by atoms with Crippen LogP contribution in [0.5, 0.6) is 0 Å². The van der Waals surface area contributed by atoms with Crippen LogP contribution in [0.1, 0.15) is 33.9 Å². The van der Waals surface area contributed by atoms with Crippen molar-refractivity contribution in [3.63, 3.8) is 0 Å². The van der Waals surface area contributed by atoms with Gasteiger partial charge in [0.1, 0.15) is 6.10 Å². The molecule has 2 aliphatic rings. The van der Waals surface area contributed by atoms with Gasteiger partial charge >= 0.3 is 6.18 Å². The lowest BCUT2D eigenvalue weighted by Gasteiger charge is -2.32. The first kappa shape index (κ1) is 21.7. The summed E-state index contributed by atoms with van der Waals surface area (Å²) in [6, 6.07) is 9.85. The van der Waals surface area contributed by atoms with E-state index in [4.69, 9.17) is 11.2 Å². The summed E-state index contributed by atoms with van der Waals surface area (Å²) in [5.41, 5.74) is 3.11. The fourth-order valence-electron chi connectivity index (χ4n) is 4.04. The zero-order chi connectivity index (χ0) is 22.2. The maximum atomic E-state index is 13.5. The van der Waals surface area contributed by atoms with Crippen LogP contribution in [0.25, 0.3) is 0 Å². The number of terminal acetylenes is 1. The molecule has 0 spiro atoms. The topological polar surface area (TPSA) is 31.0 Å². The van der Waals surface area contributed by atoms with Gasteiger partial charge in [-0.25, -0.2) is 0 Å². The van der Waals surface area contributed by atoms with Crippen LogP contribution >= 0.6 is 0 Å². The molecule has 2 heterocycles. The molecule has 1 N–H and O–H groups in total. The number of benzene rings is 2. The van der Waals surface area contributed by atoms with Gasteiger partial charge in [-0.15, -0.1) is 6.42 Å². The Kier molecular flexibility index (Phi) is 5.98. The average Bonchev–Trinajstić information content (AvgIpc) is 3.48. The number of nitrogens with zero attached hydrogens (tertiary/aromatic N) is 2. The van der Waals surface area contributed by atoms with Crippen molar-refractivity contribution >= 4 is 5.69 Å². The molecule has 2 atom stereocenters. The number of hydrogen-bond acceptors (Lipinski definition) is 4. The minimum absolute atomic E-state index is 0.232. The Labute approximate surface area is 181 Å². The molecule has 164 valence electrons. The number of ether oxygens (including phenoxy) is 1. The minimum atomic E-state index is -4.41. The largest absolute Gasteiger partial charge is 0.416 e. The molecule has 0 radical (unpaired) electrons.